The summed E-state index contributed by atoms with van der Waals surface area (Å²) in [4.78, 5) is 11.8. The minimum atomic E-state index is -0.366. The highest BCUT2D eigenvalue weighted by Crippen LogP contribution is 2.21. The van der Waals surface area contributed by atoms with Gasteiger partial charge in [0.25, 0.3) is 5.91 Å². The quantitative estimate of drug-likeness (QED) is 0.444. The largest absolute Gasteiger partial charge is 0.489 e. The van der Waals surface area contributed by atoms with Gasteiger partial charge in [0.1, 0.15) is 18.1 Å². The highest BCUT2D eigenvalue weighted by atomic mass is 35.5. The van der Waals surface area contributed by atoms with Crippen LogP contribution < -0.4 is 14.9 Å². The van der Waals surface area contributed by atoms with E-state index >= 15 is 0 Å². The molecule has 2 aromatic carbocycles. The Hall–Kier alpha value is -2.79. The number of hydrazone groups is 1. The molecule has 2 rings (SSSR count). The topological polar surface area (TPSA) is 59.9 Å². The van der Waals surface area contributed by atoms with E-state index in [9.17, 15) is 4.79 Å². The molecule has 1 amide bonds. The number of hydrogen-bond donors (Lipinski definition) is 1. The van der Waals surface area contributed by atoms with Gasteiger partial charge in [0.05, 0.1) is 6.21 Å². The molecule has 0 aromatic heterocycles. The molecule has 6 heteroatoms. The molecule has 0 radical (unpaired) electrons. The molecule has 5 nitrogen and oxygen atoms in total. The molecule has 0 saturated carbocycles. The molecule has 0 aliphatic heterocycles. The molecule has 25 heavy (non-hydrogen) atoms. The normalized spacial score (nSPS) is 10.5. The van der Waals surface area contributed by atoms with E-state index in [1.165, 1.54) is 6.21 Å². The van der Waals surface area contributed by atoms with Crippen molar-refractivity contribution in [3.05, 3.63) is 71.3 Å². The van der Waals surface area contributed by atoms with Crippen molar-refractivity contribution in [1.82, 2.24) is 5.43 Å². The number of carbonyl (C=O) groups is 1. The van der Waals surface area contributed by atoms with Gasteiger partial charge in [-0.25, -0.2) is 5.43 Å². The second kappa shape index (κ2) is 9.49. The number of halogens is 1. The Balaban J connectivity index is 1.87. The average molecular weight is 359 g/mol. The van der Waals surface area contributed by atoms with E-state index in [2.05, 4.69) is 17.1 Å². The maximum absolute atomic E-state index is 11.8. The Morgan fingerprint density at radius 3 is 2.80 bits per heavy atom. The number of ether oxygens (including phenoxy) is 2. The van der Waals surface area contributed by atoms with E-state index in [1.807, 2.05) is 31.2 Å². The first-order valence-corrected chi connectivity index (χ1v) is 8.01. The summed E-state index contributed by atoms with van der Waals surface area (Å²) in [6.45, 7) is 5.72. The summed E-state index contributed by atoms with van der Waals surface area (Å²) in [5.41, 5.74) is 4.03. The van der Waals surface area contributed by atoms with Gasteiger partial charge in [-0.3, -0.25) is 4.79 Å². The van der Waals surface area contributed by atoms with Crippen LogP contribution in [0.25, 0.3) is 0 Å². The van der Waals surface area contributed by atoms with Gasteiger partial charge in [0, 0.05) is 10.6 Å². The van der Waals surface area contributed by atoms with Crippen LogP contribution in [0.5, 0.6) is 11.5 Å². The second-order valence-electron chi connectivity index (χ2n) is 5.13. The van der Waals surface area contributed by atoms with E-state index in [1.54, 1.807) is 24.3 Å². The van der Waals surface area contributed by atoms with E-state index in [0.717, 1.165) is 11.1 Å². The number of para-hydroxylation sites is 1. The number of carbonyl (C=O) groups excluding carboxylic acids is 1. The Morgan fingerprint density at radius 1 is 1.24 bits per heavy atom. The monoisotopic (exact) mass is 358 g/mol. The van der Waals surface area contributed by atoms with Crippen molar-refractivity contribution >= 4 is 23.7 Å². The zero-order valence-corrected chi connectivity index (χ0v) is 14.6. The Labute approximate surface area is 151 Å². The summed E-state index contributed by atoms with van der Waals surface area (Å²) < 4.78 is 11.0. The van der Waals surface area contributed by atoms with Crippen LogP contribution in [0.15, 0.2) is 60.2 Å². The molecule has 0 aliphatic carbocycles. The lowest BCUT2D eigenvalue weighted by Crippen LogP contribution is -2.24. The van der Waals surface area contributed by atoms with Crippen LogP contribution in [-0.2, 0) is 4.79 Å². The standard InChI is InChI=1S/C19H19ClN2O3/c1-3-10-24-18-7-5-4-6-15(18)12-21-22-19(23)13-25-17-9-8-16(20)11-14(17)2/h3-9,11-12H,1,10,13H2,2H3,(H,22,23)/b21-12+. The van der Waals surface area contributed by atoms with Gasteiger partial charge in [-0.15, -0.1) is 0 Å². The Kier molecular flexibility index (Phi) is 7.04. The first-order valence-electron chi connectivity index (χ1n) is 7.63. The van der Waals surface area contributed by atoms with E-state index in [-0.39, 0.29) is 12.5 Å². The van der Waals surface area contributed by atoms with Crippen LogP contribution in [-0.4, -0.2) is 25.3 Å². The lowest BCUT2D eigenvalue weighted by atomic mass is 10.2. The predicted octanol–water partition coefficient (Wildman–Crippen LogP) is 3.74. The van der Waals surface area contributed by atoms with Gasteiger partial charge in [-0.2, -0.15) is 5.10 Å². The molecule has 0 fully saturated rings. The van der Waals surface area contributed by atoms with Crippen LogP contribution in [0.2, 0.25) is 5.02 Å². The van der Waals surface area contributed by atoms with E-state index < -0.39 is 0 Å². The molecule has 0 heterocycles. The van der Waals surface area contributed by atoms with Crippen molar-refractivity contribution in [3.8, 4) is 11.5 Å². The van der Waals surface area contributed by atoms with Crippen molar-refractivity contribution in [3.63, 3.8) is 0 Å². The molecule has 0 unspecified atom stereocenters. The zero-order valence-electron chi connectivity index (χ0n) is 13.9. The van der Waals surface area contributed by atoms with E-state index in [0.29, 0.717) is 23.1 Å². The van der Waals surface area contributed by atoms with Crippen LogP contribution >= 0.6 is 11.6 Å². The first kappa shape index (κ1) is 18.5. The highest BCUT2D eigenvalue weighted by molar-refractivity contribution is 6.30. The zero-order chi connectivity index (χ0) is 18.1. The number of nitrogens with one attached hydrogen (secondary N) is 1. The molecule has 1 N–H and O–H groups in total. The van der Waals surface area contributed by atoms with Crippen molar-refractivity contribution in [2.45, 2.75) is 6.92 Å². The van der Waals surface area contributed by atoms with Crippen molar-refractivity contribution in [2.75, 3.05) is 13.2 Å². The maximum Gasteiger partial charge on any atom is 0.277 e. The van der Waals surface area contributed by atoms with Gasteiger partial charge in [0.15, 0.2) is 6.61 Å². The summed E-state index contributed by atoms with van der Waals surface area (Å²) in [7, 11) is 0. The summed E-state index contributed by atoms with van der Waals surface area (Å²) in [5.74, 6) is 0.898. The number of hydrogen-bond acceptors (Lipinski definition) is 4. The third kappa shape index (κ3) is 5.97. The molecule has 130 valence electrons. The van der Waals surface area contributed by atoms with Crippen molar-refractivity contribution < 1.29 is 14.3 Å². The third-order valence-corrected chi connectivity index (χ3v) is 3.40. The van der Waals surface area contributed by atoms with Crippen LogP contribution in [0, 0.1) is 6.92 Å². The minimum Gasteiger partial charge on any atom is -0.489 e. The fourth-order valence-corrected chi connectivity index (χ4v) is 2.22. The second-order valence-corrected chi connectivity index (χ2v) is 5.57. The highest BCUT2D eigenvalue weighted by Gasteiger charge is 2.05. The van der Waals surface area contributed by atoms with Gasteiger partial charge in [-0.1, -0.05) is 36.4 Å². The number of amides is 1. The third-order valence-electron chi connectivity index (χ3n) is 3.16. The van der Waals surface area contributed by atoms with Gasteiger partial charge in [0.2, 0.25) is 0 Å². The molecule has 0 saturated heterocycles. The average Bonchev–Trinajstić information content (AvgIpc) is 2.60. The predicted molar refractivity (Wildman–Crippen MR) is 99.6 cm³/mol. The van der Waals surface area contributed by atoms with E-state index in [4.69, 9.17) is 21.1 Å². The SMILES string of the molecule is C=CCOc1ccccc1/C=N/NC(=O)COc1ccc(Cl)cc1C. The lowest BCUT2D eigenvalue weighted by Gasteiger charge is -2.08. The molecular weight excluding hydrogens is 340 g/mol. The Bertz CT molecular complexity index is 775. The first-order chi connectivity index (χ1) is 12.1. The summed E-state index contributed by atoms with van der Waals surface area (Å²) in [6, 6.07) is 12.6. The van der Waals surface area contributed by atoms with Crippen LogP contribution in [0.4, 0.5) is 0 Å². The number of benzene rings is 2. The Morgan fingerprint density at radius 2 is 2.04 bits per heavy atom. The maximum atomic E-state index is 11.8. The molecular formula is C19H19ClN2O3. The number of nitrogens with zero attached hydrogens (tertiary/aromatic N) is 1. The molecule has 0 bridgehead atoms. The number of rotatable bonds is 8. The summed E-state index contributed by atoms with van der Waals surface area (Å²) in [5, 5.41) is 4.55. The molecule has 0 spiro atoms. The smallest absolute Gasteiger partial charge is 0.277 e. The van der Waals surface area contributed by atoms with Crippen LogP contribution in [0.3, 0.4) is 0 Å². The fourth-order valence-electron chi connectivity index (χ4n) is 1.99. The molecule has 0 aliphatic rings. The van der Waals surface area contributed by atoms with Gasteiger partial charge >= 0.3 is 0 Å². The van der Waals surface area contributed by atoms with Crippen LogP contribution in [0.1, 0.15) is 11.1 Å². The fraction of sp³-hybridized carbons (Fsp3) is 0.158. The minimum absolute atomic E-state index is 0.144. The van der Waals surface area contributed by atoms with Crippen molar-refractivity contribution in [2.24, 2.45) is 5.10 Å². The number of aryl methyl sites for hydroxylation is 1. The summed E-state index contributed by atoms with van der Waals surface area (Å²) >= 11 is 5.88. The summed E-state index contributed by atoms with van der Waals surface area (Å²) in [6.07, 6.45) is 3.18. The van der Waals surface area contributed by atoms with Gasteiger partial charge in [-0.05, 0) is 42.8 Å². The lowest BCUT2D eigenvalue weighted by molar-refractivity contribution is -0.123. The molecule has 0 atom stereocenters. The molecule has 2 aromatic rings. The van der Waals surface area contributed by atoms with Crippen molar-refractivity contribution in [1.29, 1.82) is 0 Å². The van der Waals surface area contributed by atoms with Gasteiger partial charge < -0.3 is 9.47 Å².